The van der Waals surface area contributed by atoms with Gasteiger partial charge in [0.15, 0.2) is 9.76 Å². The molecule has 0 spiro atoms. The molecule has 0 N–H and O–H groups in total. The van der Waals surface area contributed by atoms with E-state index in [1.54, 1.807) is 0 Å². The molecular weight excluding hydrogens is 316 g/mol. The van der Waals surface area contributed by atoms with Crippen molar-refractivity contribution in [3.05, 3.63) is 84.4 Å². The van der Waals surface area contributed by atoms with Gasteiger partial charge in [0.25, 0.3) is 0 Å². The third-order valence-electron chi connectivity index (χ3n) is 3.99. The second kappa shape index (κ2) is 9.20. The minimum atomic E-state index is -0.749. The summed E-state index contributed by atoms with van der Waals surface area (Å²) in [5.74, 6) is -0.365. The summed E-state index contributed by atoms with van der Waals surface area (Å²) in [7, 11) is -0.749. The Morgan fingerprint density at radius 3 is 2.12 bits per heavy atom. The van der Waals surface area contributed by atoms with Crippen molar-refractivity contribution in [3.8, 4) is 0 Å². The Morgan fingerprint density at radius 1 is 1.08 bits per heavy atom. The standard InChI is InChI=1S/C20H24O3Si/c1-3-19(21)22-15-10-16-24-23-20(2,17-11-6-4-7-12-17)18-13-8-5-9-14-18/h3-9,11-14H,1,10,15-16,24H2,2H3. The number of carbonyl (C=O) groups is 1. The van der Waals surface area contributed by atoms with Crippen molar-refractivity contribution in [1.82, 2.24) is 0 Å². The monoisotopic (exact) mass is 340 g/mol. The summed E-state index contributed by atoms with van der Waals surface area (Å²) in [6, 6.07) is 21.6. The van der Waals surface area contributed by atoms with Crippen molar-refractivity contribution < 1.29 is 14.0 Å². The van der Waals surface area contributed by atoms with Crippen molar-refractivity contribution >= 4 is 15.7 Å². The number of hydrogen-bond donors (Lipinski definition) is 0. The fourth-order valence-electron chi connectivity index (χ4n) is 2.56. The van der Waals surface area contributed by atoms with Crippen LogP contribution in [0.3, 0.4) is 0 Å². The molecule has 0 radical (unpaired) electrons. The maximum Gasteiger partial charge on any atom is 0.330 e. The van der Waals surface area contributed by atoms with E-state index in [0.29, 0.717) is 6.61 Å². The Balaban J connectivity index is 1.98. The Bertz CT molecular complexity index is 601. The van der Waals surface area contributed by atoms with E-state index in [0.717, 1.165) is 23.6 Å². The highest BCUT2D eigenvalue weighted by Crippen LogP contribution is 2.32. The number of rotatable bonds is 9. The molecule has 0 amide bonds. The van der Waals surface area contributed by atoms with Crippen LogP contribution in [0.25, 0.3) is 0 Å². The molecule has 0 fully saturated rings. The van der Waals surface area contributed by atoms with Gasteiger partial charge in [-0.3, -0.25) is 0 Å². The average molecular weight is 340 g/mol. The molecule has 0 bridgehead atoms. The SMILES string of the molecule is C=CC(=O)OCCC[SiH2]OC(C)(c1ccccc1)c1ccccc1. The zero-order chi connectivity index (χ0) is 17.3. The molecule has 0 aliphatic carbocycles. The van der Waals surface area contributed by atoms with Crippen molar-refractivity contribution in [2.75, 3.05) is 6.61 Å². The van der Waals surface area contributed by atoms with Crippen LogP contribution in [0.4, 0.5) is 0 Å². The first-order valence-electron chi connectivity index (χ1n) is 8.21. The summed E-state index contributed by atoms with van der Waals surface area (Å²) in [6.45, 7) is 5.94. The number of hydrogen-bond acceptors (Lipinski definition) is 3. The van der Waals surface area contributed by atoms with Crippen LogP contribution >= 0.6 is 0 Å². The molecule has 3 nitrogen and oxygen atoms in total. The van der Waals surface area contributed by atoms with Gasteiger partial charge in [-0.1, -0.05) is 67.2 Å². The van der Waals surface area contributed by atoms with E-state index in [-0.39, 0.29) is 5.97 Å². The molecule has 0 saturated carbocycles. The molecular formula is C20H24O3Si. The fraction of sp³-hybridized carbons (Fsp3) is 0.250. The summed E-state index contributed by atoms with van der Waals surface area (Å²) < 4.78 is 11.4. The molecule has 0 aliphatic heterocycles. The molecule has 0 heterocycles. The minimum Gasteiger partial charge on any atom is -0.463 e. The van der Waals surface area contributed by atoms with Crippen LogP contribution < -0.4 is 0 Å². The van der Waals surface area contributed by atoms with E-state index in [1.807, 2.05) is 36.4 Å². The lowest BCUT2D eigenvalue weighted by Gasteiger charge is -2.32. The summed E-state index contributed by atoms with van der Waals surface area (Å²) in [6.07, 6.45) is 2.02. The lowest BCUT2D eigenvalue weighted by Crippen LogP contribution is -2.29. The van der Waals surface area contributed by atoms with Crippen LogP contribution in [0.2, 0.25) is 6.04 Å². The largest absolute Gasteiger partial charge is 0.463 e. The van der Waals surface area contributed by atoms with Gasteiger partial charge in [0, 0.05) is 6.08 Å². The van der Waals surface area contributed by atoms with Crippen LogP contribution in [0.15, 0.2) is 73.3 Å². The molecule has 0 aromatic heterocycles. The Hall–Kier alpha value is -2.17. The van der Waals surface area contributed by atoms with Gasteiger partial charge in [0.1, 0.15) is 5.60 Å². The van der Waals surface area contributed by atoms with Gasteiger partial charge in [-0.05, 0) is 30.5 Å². The summed E-state index contributed by atoms with van der Waals surface area (Å²) >= 11 is 0. The van der Waals surface area contributed by atoms with Gasteiger partial charge in [0.2, 0.25) is 0 Å². The first kappa shape index (κ1) is 18.2. The first-order valence-corrected chi connectivity index (χ1v) is 9.79. The molecule has 0 saturated heterocycles. The molecule has 2 aromatic carbocycles. The van der Waals surface area contributed by atoms with Crippen molar-refractivity contribution in [1.29, 1.82) is 0 Å². The van der Waals surface area contributed by atoms with Gasteiger partial charge in [-0.25, -0.2) is 4.79 Å². The van der Waals surface area contributed by atoms with Crippen LogP contribution in [0.1, 0.15) is 24.5 Å². The van der Waals surface area contributed by atoms with E-state index >= 15 is 0 Å². The van der Waals surface area contributed by atoms with Gasteiger partial charge >= 0.3 is 5.97 Å². The maximum atomic E-state index is 11.0. The molecule has 0 aliphatic rings. The highest BCUT2D eigenvalue weighted by atomic mass is 28.2. The van der Waals surface area contributed by atoms with E-state index in [2.05, 4.69) is 37.8 Å². The second-order valence-electron chi connectivity index (χ2n) is 5.69. The van der Waals surface area contributed by atoms with E-state index in [1.165, 1.54) is 6.08 Å². The predicted molar refractivity (Wildman–Crippen MR) is 99.5 cm³/mol. The normalized spacial score (nSPS) is 11.5. The number of ether oxygens (including phenoxy) is 1. The van der Waals surface area contributed by atoms with Crippen LogP contribution in [0.5, 0.6) is 0 Å². The quantitative estimate of drug-likeness (QED) is 0.303. The van der Waals surface area contributed by atoms with Crippen LogP contribution in [-0.4, -0.2) is 22.3 Å². The fourth-order valence-corrected chi connectivity index (χ4v) is 3.85. The smallest absolute Gasteiger partial charge is 0.330 e. The van der Waals surface area contributed by atoms with Crippen molar-refractivity contribution in [3.63, 3.8) is 0 Å². The van der Waals surface area contributed by atoms with E-state index in [4.69, 9.17) is 9.16 Å². The van der Waals surface area contributed by atoms with Crippen LogP contribution in [0, 0.1) is 0 Å². The molecule has 2 rings (SSSR count). The van der Waals surface area contributed by atoms with Crippen molar-refractivity contribution in [2.45, 2.75) is 25.0 Å². The first-order chi connectivity index (χ1) is 11.7. The van der Waals surface area contributed by atoms with Crippen LogP contribution in [-0.2, 0) is 19.6 Å². The number of esters is 1. The van der Waals surface area contributed by atoms with E-state index in [9.17, 15) is 4.79 Å². The zero-order valence-electron chi connectivity index (χ0n) is 14.1. The molecule has 2 aromatic rings. The van der Waals surface area contributed by atoms with Gasteiger partial charge in [0.05, 0.1) is 6.61 Å². The topological polar surface area (TPSA) is 35.5 Å². The van der Waals surface area contributed by atoms with E-state index < -0.39 is 15.4 Å². The molecule has 24 heavy (non-hydrogen) atoms. The average Bonchev–Trinajstić information content (AvgIpc) is 2.65. The molecule has 4 heteroatoms. The van der Waals surface area contributed by atoms with Gasteiger partial charge < -0.3 is 9.16 Å². The highest BCUT2D eigenvalue weighted by molar-refractivity contribution is 6.27. The Morgan fingerprint density at radius 2 is 1.62 bits per heavy atom. The zero-order valence-corrected chi connectivity index (χ0v) is 15.5. The summed E-state index contributed by atoms with van der Waals surface area (Å²) in [4.78, 5) is 11.0. The molecule has 0 atom stereocenters. The highest BCUT2D eigenvalue weighted by Gasteiger charge is 2.28. The summed E-state index contributed by atoms with van der Waals surface area (Å²) in [5, 5.41) is 0. The number of carbonyl (C=O) groups excluding carboxylic acids is 1. The summed E-state index contributed by atoms with van der Waals surface area (Å²) in [5.41, 5.74) is 1.87. The van der Waals surface area contributed by atoms with Gasteiger partial charge in [-0.15, -0.1) is 0 Å². The Kier molecular flexibility index (Phi) is 6.97. The second-order valence-corrected chi connectivity index (χ2v) is 7.10. The molecule has 0 unspecified atom stereocenters. The Labute approximate surface area is 146 Å². The van der Waals surface area contributed by atoms with Crippen molar-refractivity contribution in [2.24, 2.45) is 0 Å². The third kappa shape index (κ3) is 4.91. The number of benzene rings is 2. The minimum absolute atomic E-state index is 0.365. The molecule has 126 valence electrons. The maximum absolute atomic E-state index is 11.0. The lowest BCUT2D eigenvalue weighted by atomic mass is 9.88. The van der Waals surface area contributed by atoms with Gasteiger partial charge in [-0.2, -0.15) is 0 Å². The lowest BCUT2D eigenvalue weighted by molar-refractivity contribution is -0.137. The third-order valence-corrected chi connectivity index (χ3v) is 5.56. The predicted octanol–water partition coefficient (Wildman–Crippen LogP) is 3.59.